The first-order valence-corrected chi connectivity index (χ1v) is 22.6. The van der Waals surface area contributed by atoms with Crippen LogP contribution in [0, 0.1) is 11.2 Å². The van der Waals surface area contributed by atoms with E-state index in [0.717, 1.165) is 44.5 Å². The van der Waals surface area contributed by atoms with E-state index in [0.29, 0.717) is 64.9 Å². The van der Waals surface area contributed by atoms with Crippen molar-refractivity contribution in [2.75, 3.05) is 41.8 Å². The van der Waals surface area contributed by atoms with Crippen LogP contribution in [-0.2, 0) is 55.7 Å². The highest BCUT2D eigenvalue weighted by atomic mass is 19.1. The number of hydrogen-bond donors (Lipinski definition) is 3. The molecule has 0 radical (unpaired) electrons. The third-order valence-electron chi connectivity index (χ3n) is 14.1. The number of halogens is 1. The van der Waals surface area contributed by atoms with E-state index in [1.165, 1.54) is 26.8 Å². The van der Waals surface area contributed by atoms with E-state index in [2.05, 4.69) is 48.8 Å². The number of nitrogens with zero attached hydrogens (tertiary/aromatic N) is 8. The quantitative estimate of drug-likeness (QED) is 0.166. The van der Waals surface area contributed by atoms with Crippen molar-refractivity contribution in [1.82, 2.24) is 34.2 Å². The summed E-state index contributed by atoms with van der Waals surface area (Å²) in [5.74, 6) is -1.02. The van der Waals surface area contributed by atoms with Crippen molar-refractivity contribution in [3.05, 3.63) is 116 Å². The van der Waals surface area contributed by atoms with Crippen molar-refractivity contribution in [3.63, 3.8) is 0 Å². The maximum Gasteiger partial charge on any atom is 0.276 e. The molecule has 10 rings (SSSR count). The molecule has 0 saturated carbocycles. The van der Waals surface area contributed by atoms with Crippen molar-refractivity contribution in [2.45, 2.75) is 90.7 Å². The Bertz CT molecular complexity index is 2880. The van der Waals surface area contributed by atoms with Crippen LogP contribution in [0.4, 0.5) is 27.4 Å². The van der Waals surface area contributed by atoms with E-state index in [1.54, 1.807) is 48.7 Å². The number of aromatic nitrogens is 4. The fourth-order valence-electron chi connectivity index (χ4n) is 10.7. The Labute approximate surface area is 381 Å². The summed E-state index contributed by atoms with van der Waals surface area (Å²) in [6, 6.07) is 12.0. The van der Waals surface area contributed by atoms with Gasteiger partial charge < -0.3 is 29.4 Å². The average molecular weight is 897 g/mol. The van der Waals surface area contributed by atoms with Gasteiger partial charge in [0.25, 0.3) is 17.4 Å². The molecule has 16 nitrogen and oxygen atoms in total. The van der Waals surface area contributed by atoms with E-state index < -0.39 is 23.7 Å². The molecular weight excluding hydrogens is 844 g/mol. The number of fused-ring (bicyclic) bond motifs is 4. The first-order chi connectivity index (χ1) is 31.7. The van der Waals surface area contributed by atoms with Gasteiger partial charge >= 0.3 is 0 Å². The number of benzene rings is 1. The Balaban J connectivity index is 0.781. The number of carbonyl (C=O) groups is 4. The third-order valence-corrected chi connectivity index (χ3v) is 14.1. The zero-order valence-electron chi connectivity index (χ0n) is 37.6. The summed E-state index contributed by atoms with van der Waals surface area (Å²) in [7, 11) is 3.67. The number of hydrogen-bond acceptors (Lipinski definition) is 11. The summed E-state index contributed by atoms with van der Waals surface area (Å²) < 4.78 is 19.0. The highest BCUT2D eigenvalue weighted by Gasteiger charge is 2.41. The molecule has 5 aromatic rings. The molecule has 5 aliphatic rings. The maximum atomic E-state index is 15.4. The van der Waals surface area contributed by atoms with Gasteiger partial charge in [0.05, 0.1) is 25.0 Å². The highest BCUT2D eigenvalue weighted by Crippen LogP contribution is 2.40. The number of aliphatic hydroxyl groups excluding tert-OH is 1. The molecule has 4 aliphatic heterocycles. The topological polar surface area (TPSA) is 178 Å². The van der Waals surface area contributed by atoms with Crippen LogP contribution in [0.2, 0.25) is 0 Å². The van der Waals surface area contributed by atoms with Gasteiger partial charge in [-0.25, -0.2) is 14.4 Å². The van der Waals surface area contributed by atoms with Gasteiger partial charge in [-0.2, -0.15) is 0 Å². The summed E-state index contributed by atoms with van der Waals surface area (Å²) in [5, 5.41) is 16.3. The van der Waals surface area contributed by atoms with Gasteiger partial charge in [0.1, 0.15) is 34.9 Å². The normalized spacial score (nSPS) is 19.4. The number of rotatable bonds is 10. The summed E-state index contributed by atoms with van der Waals surface area (Å²) in [4.78, 5) is 81.7. The first-order valence-electron chi connectivity index (χ1n) is 22.6. The van der Waals surface area contributed by atoms with Gasteiger partial charge in [-0.3, -0.25) is 39.1 Å². The Morgan fingerprint density at radius 3 is 2.48 bits per heavy atom. The van der Waals surface area contributed by atoms with Crippen molar-refractivity contribution >= 4 is 46.6 Å². The number of aliphatic hydroxyl groups is 1. The van der Waals surface area contributed by atoms with Gasteiger partial charge in [0.2, 0.25) is 11.8 Å². The monoisotopic (exact) mass is 896 g/mol. The second-order valence-corrected chi connectivity index (χ2v) is 19.2. The lowest BCUT2D eigenvalue weighted by molar-refractivity contribution is -0.136. The molecule has 4 aromatic heterocycles. The van der Waals surface area contributed by atoms with Crippen LogP contribution in [0.25, 0.3) is 11.1 Å². The van der Waals surface area contributed by atoms with Gasteiger partial charge in [-0.1, -0.05) is 13.8 Å². The van der Waals surface area contributed by atoms with Gasteiger partial charge in [0, 0.05) is 92.6 Å². The molecule has 17 heteroatoms. The van der Waals surface area contributed by atoms with Crippen LogP contribution in [0.5, 0.6) is 0 Å². The minimum Gasteiger partial charge on any atom is -0.392 e. The van der Waals surface area contributed by atoms with Crippen LogP contribution in [0.15, 0.2) is 65.8 Å². The van der Waals surface area contributed by atoms with Gasteiger partial charge in [0.15, 0.2) is 0 Å². The summed E-state index contributed by atoms with van der Waals surface area (Å²) in [5.41, 5.74) is 7.30. The minimum atomic E-state index is -0.800. The number of aryl methyl sites for hydroxylation is 1. The number of nitrogens with one attached hydrogen (secondary N) is 2. The van der Waals surface area contributed by atoms with E-state index in [9.17, 15) is 29.1 Å². The van der Waals surface area contributed by atoms with Gasteiger partial charge in [-0.05, 0) is 104 Å². The number of pyridine rings is 3. The molecule has 3 N–H and O–H groups in total. The molecule has 0 spiro atoms. The van der Waals surface area contributed by atoms with Crippen LogP contribution in [-0.4, -0.2) is 96.4 Å². The fraction of sp³-hybridized carbons (Fsp3) is 0.408. The Kier molecular flexibility index (Phi) is 10.9. The van der Waals surface area contributed by atoms with E-state index in [1.807, 2.05) is 25.2 Å². The minimum absolute atomic E-state index is 0.00155. The summed E-state index contributed by atoms with van der Waals surface area (Å²) in [6.07, 6.45) is 9.04. The van der Waals surface area contributed by atoms with Crippen molar-refractivity contribution < 1.29 is 28.7 Å². The Morgan fingerprint density at radius 1 is 0.939 bits per heavy atom. The van der Waals surface area contributed by atoms with Crippen molar-refractivity contribution in [3.8, 4) is 11.1 Å². The van der Waals surface area contributed by atoms with E-state index in [4.69, 9.17) is 0 Å². The fourth-order valence-corrected chi connectivity index (χ4v) is 10.7. The average Bonchev–Trinajstić information content (AvgIpc) is 3.92. The summed E-state index contributed by atoms with van der Waals surface area (Å²) in [6.45, 7) is 7.18. The second kappa shape index (κ2) is 16.6. The first kappa shape index (κ1) is 43.2. The predicted octanol–water partition coefficient (Wildman–Crippen LogP) is 4.67. The largest absolute Gasteiger partial charge is 0.392 e. The number of anilines is 4. The predicted molar refractivity (Wildman–Crippen MR) is 245 cm³/mol. The zero-order valence-corrected chi connectivity index (χ0v) is 37.6. The van der Waals surface area contributed by atoms with Crippen molar-refractivity contribution in [1.29, 1.82) is 0 Å². The smallest absolute Gasteiger partial charge is 0.276 e. The van der Waals surface area contributed by atoms with Crippen LogP contribution < -0.4 is 26.0 Å². The number of piperidine rings is 2. The van der Waals surface area contributed by atoms with Crippen LogP contribution in [0.1, 0.15) is 88.3 Å². The van der Waals surface area contributed by atoms with E-state index in [-0.39, 0.29) is 66.0 Å². The van der Waals surface area contributed by atoms with Crippen LogP contribution >= 0.6 is 0 Å². The number of amides is 4. The highest BCUT2D eigenvalue weighted by molar-refractivity contribution is 6.07. The molecule has 66 heavy (non-hydrogen) atoms. The molecule has 1 aliphatic carbocycles. The molecule has 2 saturated heterocycles. The second-order valence-electron chi connectivity index (χ2n) is 19.2. The maximum absolute atomic E-state index is 15.4. The molecule has 8 heterocycles. The summed E-state index contributed by atoms with van der Waals surface area (Å²) >= 11 is 0. The SMILES string of the molecule is CN(Cc1cc(F)c2c(c1)C(=O)N(C1CCC(=O)NC1=O)C2)C1CCN(c2ccc(Nc3cc(-c4ccnc(N5CCn6c(cc7c6CC(C)(C)C7)C5=O)c4CO)cn(C)c3=O)nc2)CC1. The molecule has 342 valence electrons. The lowest BCUT2D eigenvalue weighted by atomic mass is 9.90. The number of carbonyl (C=O) groups excluding carboxylic acids is 4. The lowest BCUT2D eigenvalue weighted by Gasteiger charge is -2.37. The molecule has 1 atom stereocenters. The zero-order chi connectivity index (χ0) is 46.2. The molecule has 2 fully saturated rings. The molecule has 1 aromatic carbocycles. The van der Waals surface area contributed by atoms with E-state index >= 15 is 4.39 Å². The number of imide groups is 1. The van der Waals surface area contributed by atoms with Crippen molar-refractivity contribution in [2.24, 2.45) is 12.5 Å². The molecule has 1 unspecified atom stereocenters. The Hall–Kier alpha value is -6.72. The van der Waals surface area contributed by atoms with Gasteiger partial charge in [-0.15, -0.1) is 0 Å². The third kappa shape index (κ3) is 7.72. The molecule has 0 bridgehead atoms. The van der Waals surface area contributed by atoms with Crippen LogP contribution in [0.3, 0.4) is 0 Å². The Morgan fingerprint density at radius 2 is 1.74 bits per heavy atom. The molecule has 4 amide bonds. The lowest BCUT2D eigenvalue weighted by Crippen LogP contribution is -2.52. The standard InChI is InChI=1S/C49H53FN10O6/c1-49(2)21-29-20-40-48(66)59(16-15-58(40)41(29)22-49)44-36(27-61)33(9-12-51-44)30-19-38(47(65)56(4)25-30)53-42-7-5-32(23-52-42)57-13-10-31(11-14-57)55(3)24-28-17-34-35(37(50)18-28)26-60(46(34)64)39-6-8-43(62)54-45(39)63/h5,7,9,12,17-20,23,25,31,39,61H,6,8,10-11,13-16,21-22,24,26-27H2,1-4H3,(H,52,53)(H,54,62,63). The molecular formula is C49H53FN10O6.